The van der Waals surface area contributed by atoms with E-state index in [0.29, 0.717) is 12.0 Å². The molecule has 4 heterocycles. The van der Waals surface area contributed by atoms with Crippen molar-refractivity contribution in [2.24, 2.45) is 0 Å². The van der Waals surface area contributed by atoms with Gasteiger partial charge in [0.25, 0.3) is 5.91 Å². The predicted octanol–water partition coefficient (Wildman–Crippen LogP) is 3.91. The first kappa shape index (κ1) is 28.4. The van der Waals surface area contributed by atoms with Gasteiger partial charge in [-0.1, -0.05) is 50.5 Å². The number of pyridine rings is 1. The minimum atomic E-state index is -4.08. The maximum Gasteiger partial charge on any atom is 0.278 e. The van der Waals surface area contributed by atoms with Crippen molar-refractivity contribution in [2.75, 3.05) is 31.4 Å². The number of amides is 1. The molecular formula is C30H31F2N3O6S. The summed E-state index contributed by atoms with van der Waals surface area (Å²) >= 11 is 0. The van der Waals surface area contributed by atoms with E-state index < -0.39 is 50.8 Å². The minimum absolute atomic E-state index is 0.00939. The first-order chi connectivity index (χ1) is 20.2. The highest BCUT2D eigenvalue weighted by molar-refractivity contribution is 7.90. The molecule has 0 N–H and O–H groups in total. The van der Waals surface area contributed by atoms with Crippen LogP contribution in [0.1, 0.15) is 65.8 Å². The summed E-state index contributed by atoms with van der Waals surface area (Å²) in [6.07, 6.45) is 4.33. The van der Waals surface area contributed by atoms with Crippen molar-refractivity contribution >= 4 is 15.7 Å². The van der Waals surface area contributed by atoms with E-state index in [1.54, 1.807) is 28.1 Å². The van der Waals surface area contributed by atoms with E-state index in [0.717, 1.165) is 25.3 Å². The lowest BCUT2D eigenvalue weighted by Gasteiger charge is -2.51. The monoisotopic (exact) mass is 599 g/mol. The predicted molar refractivity (Wildman–Crippen MR) is 150 cm³/mol. The number of sulfone groups is 1. The summed E-state index contributed by atoms with van der Waals surface area (Å²) in [7, 11) is -4.08. The van der Waals surface area contributed by atoms with Gasteiger partial charge in [-0.2, -0.15) is 0 Å². The molecule has 0 spiro atoms. The Hall–Kier alpha value is -3.77. The van der Waals surface area contributed by atoms with Crippen LogP contribution in [0.5, 0.6) is 5.75 Å². The maximum atomic E-state index is 15.4. The summed E-state index contributed by atoms with van der Waals surface area (Å²) < 4.78 is 70.3. The number of morpholine rings is 1. The van der Waals surface area contributed by atoms with E-state index in [-0.39, 0.29) is 53.8 Å². The van der Waals surface area contributed by atoms with Crippen LogP contribution in [0.3, 0.4) is 0 Å². The highest BCUT2D eigenvalue weighted by Crippen LogP contribution is 2.43. The van der Waals surface area contributed by atoms with Gasteiger partial charge in [0.15, 0.2) is 32.9 Å². The molecule has 0 saturated carbocycles. The molecule has 3 aromatic rings. The number of carbonyl (C=O) groups excluding carboxylic acids is 1. The molecule has 1 saturated heterocycles. The van der Waals surface area contributed by atoms with Crippen LogP contribution in [0.25, 0.3) is 0 Å². The molecule has 1 fully saturated rings. The van der Waals surface area contributed by atoms with Gasteiger partial charge in [0, 0.05) is 24.4 Å². The zero-order valence-electron chi connectivity index (χ0n) is 23.1. The second kappa shape index (κ2) is 11.1. The molecule has 3 aliphatic heterocycles. The molecule has 1 aromatic heterocycles. The van der Waals surface area contributed by atoms with Crippen molar-refractivity contribution < 1.29 is 31.5 Å². The summed E-state index contributed by atoms with van der Waals surface area (Å²) in [5, 5.41) is 1.72. The number of fused-ring (bicyclic) bond motifs is 4. The Bertz CT molecular complexity index is 1710. The number of hydrogen-bond acceptors (Lipinski definition) is 7. The number of rotatable bonds is 7. The highest BCUT2D eigenvalue weighted by atomic mass is 32.2. The fourth-order valence-electron chi connectivity index (χ4n) is 6.08. The van der Waals surface area contributed by atoms with Crippen LogP contribution in [-0.2, 0) is 20.3 Å². The van der Waals surface area contributed by atoms with E-state index in [2.05, 4.69) is 6.92 Å². The molecule has 0 aliphatic carbocycles. The Balaban J connectivity index is 1.60. The van der Waals surface area contributed by atoms with Crippen molar-refractivity contribution in [3.63, 3.8) is 0 Å². The van der Waals surface area contributed by atoms with Gasteiger partial charge in [-0.25, -0.2) is 17.2 Å². The topological polar surface area (TPSA) is 98.2 Å². The number of hydrogen-bond donors (Lipinski definition) is 0. The van der Waals surface area contributed by atoms with Crippen LogP contribution in [0.2, 0.25) is 0 Å². The molecule has 222 valence electrons. The van der Waals surface area contributed by atoms with Crippen molar-refractivity contribution in [3.05, 3.63) is 92.9 Å². The van der Waals surface area contributed by atoms with Crippen LogP contribution in [0.15, 0.2) is 58.4 Å². The van der Waals surface area contributed by atoms with E-state index in [1.165, 1.54) is 29.1 Å². The number of ether oxygens (including phenoxy) is 2. The zero-order chi connectivity index (χ0) is 29.6. The second-order valence-corrected chi connectivity index (χ2v) is 12.6. The van der Waals surface area contributed by atoms with Gasteiger partial charge in [-0.15, -0.1) is 0 Å². The molecule has 2 aromatic carbocycles. The molecule has 0 unspecified atom stereocenters. The average Bonchev–Trinajstić information content (AvgIpc) is 3.08. The lowest BCUT2D eigenvalue weighted by atomic mass is 9.93. The van der Waals surface area contributed by atoms with Crippen LogP contribution in [0.4, 0.5) is 8.78 Å². The molecule has 3 aliphatic rings. The quantitative estimate of drug-likeness (QED) is 0.380. The smallest absolute Gasteiger partial charge is 0.278 e. The minimum Gasteiger partial charge on any atom is -0.487 e. The number of benzene rings is 2. The van der Waals surface area contributed by atoms with E-state index in [4.69, 9.17) is 9.47 Å². The van der Waals surface area contributed by atoms with Crippen molar-refractivity contribution in [3.8, 4) is 5.75 Å². The Morgan fingerprint density at radius 1 is 1.02 bits per heavy atom. The van der Waals surface area contributed by atoms with E-state index >= 15 is 4.39 Å². The fourth-order valence-corrected chi connectivity index (χ4v) is 7.74. The molecule has 1 amide bonds. The highest BCUT2D eigenvalue weighted by Gasteiger charge is 2.47. The van der Waals surface area contributed by atoms with Crippen LogP contribution < -0.4 is 15.2 Å². The molecule has 0 radical (unpaired) electrons. The molecule has 12 heteroatoms. The third-order valence-corrected chi connectivity index (χ3v) is 9.79. The average molecular weight is 600 g/mol. The summed E-state index contributed by atoms with van der Waals surface area (Å²) in [5.74, 6) is -3.67. The van der Waals surface area contributed by atoms with E-state index in [1.807, 2.05) is 0 Å². The van der Waals surface area contributed by atoms with E-state index in [9.17, 15) is 22.4 Å². The van der Waals surface area contributed by atoms with Gasteiger partial charge in [0.05, 0.1) is 36.5 Å². The number of carbonyl (C=O) groups is 1. The van der Waals surface area contributed by atoms with Crippen LogP contribution in [-0.4, -0.2) is 56.4 Å². The molecule has 42 heavy (non-hydrogen) atoms. The largest absolute Gasteiger partial charge is 0.487 e. The molecule has 2 atom stereocenters. The molecule has 6 rings (SSSR count). The summed E-state index contributed by atoms with van der Waals surface area (Å²) in [6, 6.07) is 8.97. The molecule has 9 nitrogen and oxygen atoms in total. The lowest BCUT2D eigenvalue weighted by Crippen LogP contribution is -2.66. The third-order valence-electron chi connectivity index (χ3n) is 8.07. The van der Waals surface area contributed by atoms with Crippen LogP contribution >= 0.6 is 0 Å². The third kappa shape index (κ3) is 4.66. The van der Waals surface area contributed by atoms with Gasteiger partial charge < -0.3 is 14.4 Å². The molecular weight excluding hydrogens is 568 g/mol. The standard InChI is InChI=1S/C30H31F2N3O6S/c1-2-3-4-7-15-41-29-23(36)12-13-34-28(29)30(37)33-14-16-40-17-25(33)35(34)27-19-10-11-22(31)26(32)21(19)18-42(38,39)24-9-6-5-8-20(24)27/h5-6,8-13,25,27H,2-4,7,14-18H2,1H3/t25-,27+/m1/s1. The first-order valence-electron chi connectivity index (χ1n) is 14.1. The Labute approximate surface area is 242 Å². The Morgan fingerprint density at radius 2 is 1.83 bits per heavy atom. The summed E-state index contributed by atoms with van der Waals surface area (Å²) in [5.41, 5.74) is -0.201. The summed E-state index contributed by atoms with van der Waals surface area (Å²) in [6.45, 7) is 2.85. The van der Waals surface area contributed by atoms with Crippen molar-refractivity contribution in [1.29, 1.82) is 0 Å². The van der Waals surface area contributed by atoms with Gasteiger partial charge in [-0.05, 0) is 29.7 Å². The number of halogens is 2. The maximum absolute atomic E-state index is 15.4. The van der Waals surface area contributed by atoms with Crippen LogP contribution in [0, 0.1) is 11.6 Å². The first-order valence-corrected chi connectivity index (χ1v) is 15.7. The van der Waals surface area contributed by atoms with Crippen molar-refractivity contribution in [2.45, 2.75) is 55.5 Å². The molecule has 0 bridgehead atoms. The van der Waals surface area contributed by atoms with Gasteiger partial charge in [-0.3, -0.25) is 19.3 Å². The zero-order valence-corrected chi connectivity index (χ0v) is 23.9. The fraction of sp³-hybridized carbons (Fsp3) is 0.400. The van der Waals surface area contributed by atoms with Gasteiger partial charge in [0.2, 0.25) is 5.43 Å². The normalized spacial score (nSPS) is 20.7. The number of aromatic nitrogens is 1. The van der Waals surface area contributed by atoms with Gasteiger partial charge >= 0.3 is 0 Å². The number of nitrogens with zero attached hydrogens (tertiary/aromatic N) is 3. The Kier molecular flexibility index (Phi) is 7.52. The number of unbranched alkanes of at least 4 members (excludes halogenated alkanes) is 3. The Morgan fingerprint density at radius 3 is 2.64 bits per heavy atom. The second-order valence-electron chi connectivity index (χ2n) is 10.7. The van der Waals surface area contributed by atoms with Crippen molar-refractivity contribution in [1.82, 2.24) is 9.58 Å². The van der Waals surface area contributed by atoms with Gasteiger partial charge in [0.1, 0.15) is 6.17 Å². The summed E-state index contributed by atoms with van der Waals surface area (Å²) in [4.78, 5) is 28.6. The lowest BCUT2D eigenvalue weighted by molar-refractivity contribution is -0.0198. The SMILES string of the molecule is CCCCCCOc1c2n(ccc1=O)N([C@@H]1c3ccccc3S(=O)(=O)Cc3c1ccc(F)c3F)[C@@H]1COCCN1C2=O.